The van der Waals surface area contributed by atoms with Crippen molar-refractivity contribution < 1.29 is 0 Å². The molecule has 0 aliphatic carbocycles. The van der Waals surface area contributed by atoms with Crippen molar-refractivity contribution in [3.05, 3.63) is 41.9 Å². The molecule has 0 aliphatic heterocycles. The lowest BCUT2D eigenvalue weighted by Crippen LogP contribution is -1.95. The molecule has 1 nitrogen and oxygen atoms in total. The van der Waals surface area contributed by atoms with E-state index >= 15 is 0 Å². The Kier molecular flexibility index (Phi) is 2.99. The maximum atomic E-state index is 5.83. The van der Waals surface area contributed by atoms with Crippen LogP contribution in [0, 0.1) is 0 Å². The maximum Gasteiger partial charge on any atom is 0.0764 e. The fraction of sp³-hybridized carbons (Fsp3) is 0.111. The van der Waals surface area contributed by atoms with Gasteiger partial charge in [-0.15, -0.1) is 6.58 Å². The van der Waals surface area contributed by atoms with E-state index in [1.165, 1.54) is 0 Å². The zero-order valence-electron chi connectivity index (χ0n) is 6.13. The van der Waals surface area contributed by atoms with Gasteiger partial charge in [0.1, 0.15) is 0 Å². The molecule has 0 bridgehead atoms. The van der Waals surface area contributed by atoms with Gasteiger partial charge >= 0.3 is 0 Å². The van der Waals surface area contributed by atoms with E-state index in [4.69, 9.17) is 11.6 Å². The standard InChI is InChI=1S/C9H9ClN/c1-2-7-11-9-6-4-3-5-8(9)10/h2-6H,1,7H2. The molecule has 1 aromatic rings. The van der Waals surface area contributed by atoms with Gasteiger partial charge in [-0.2, -0.15) is 0 Å². The topological polar surface area (TPSA) is 14.1 Å². The summed E-state index contributed by atoms with van der Waals surface area (Å²) in [6.07, 6.45) is 1.74. The Morgan fingerprint density at radius 3 is 2.82 bits per heavy atom. The van der Waals surface area contributed by atoms with Crippen LogP contribution in [0.2, 0.25) is 5.02 Å². The lowest BCUT2D eigenvalue weighted by atomic mass is 10.3. The van der Waals surface area contributed by atoms with E-state index in [0.717, 1.165) is 5.69 Å². The maximum absolute atomic E-state index is 5.83. The van der Waals surface area contributed by atoms with Gasteiger partial charge in [-0.25, -0.2) is 0 Å². The Morgan fingerprint density at radius 1 is 1.45 bits per heavy atom. The summed E-state index contributed by atoms with van der Waals surface area (Å²) < 4.78 is 0. The highest BCUT2D eigenvalue weighted by Gasteiger charge is 1.95. The van der Waals surface area contributed by atoms with Gasteiger partial charge in [-0.1, -0.05) is 29.8 Å². The van der Waals surface area contributed by atoms with Crippen LogP contribution in [0.5, 0.6) is 0 Å². The van der Waals surface area contributed by atoms with E-state index in [1.807, 2.05) is 24.3 Å². The Hall–Kier alpha value is -0.950. The van der Waals surface area contributed by atoms with Gasteiger partial charge in [0, 0.05) is 0 Å². The molecular weight excluding hydrogens is 158 g/mol. The van der Waals surface area contributed by atoms with Crippen LogP contribution in [0.25, 0.3) is 0 Å². The van der Waals surface area contributed by atoms with Gasteiger partial charge in [0.15, 0.2) is 0 Å². The van der Waals surface area contributed by atoms with Crippen molar-refractivity contribution in [3.63, 3.8) is 0 Å². The fourth-order valence-corrected chi connectivity index (χ4v) is 0.938. The van der Waals surface area contributed by atoms with E-state index in [0.29, 0.717) is 11.6 Å². The van der Waals surface area contributed by atoms with E-state index in [-0.39, 0.29) is 0 Å². The molecule has 11 heavy (non-hydrogen) atoms. The number of halogens is 1. The lowest BCUT2D eigenvalue weighted by Gasteiger charge is -2.00. The molecule has 0 amide bonds. The largest absolute Gasteiger partial charge is 0.280 e. The third kappa shape index (κ3) is 2.28. The summed E-state index contributed by atoms with van der Waals surface area (Å²) >= 11 is 5.83. The second kappa shape index (κ2) is 4.04. The molecule has 0 spiro atoms. The summed E-state index contributed by atoms with van der Waals surface area (Å²) in [4.78, 5) is 0. The number of para-hydroxylation sites is 1. The van der Waals surface area contributed by atoms with Crippen molar-refractivity contribution in [1.82, 2.24) is 5.32 Å². The van der Waals surface area contributed by atoms with Crippen LogP contribution in [-0.4, -0.2) is 6.54 Å². The van der Waals surface area contributed by atoms with Gasteiger partial charge in [-0.3, -0.25) is 5.32 Å². The second-order valence-corrected chi connectivity index (χ2v) is 2.49. The SMILES string of the molecule is C=CC[N]c1ccccc1Cl. The first-order chi connectivity index (χ1) is 5.34. The van der Waals surface area contributed by atoms with Crippen LogP contribution >= 0.6 is 11.6 Å². The minimum absolute atomic E-state index is 0.615. The minimum atomic E-state index is 0.615. The van der Waals surface area contributed by atoms with Crippen molar-refractivity contribution in [1.29, 1.82) is 0 Å². The molecule has 0 aliphatic rings. The highest BCUT2D eigenvalue weighted by molar-refractivity contribution is 6.32. The normalized spacial score (nSPS) is 9.18. The summed E-state index contributed by atoms with van der Waals surface area (Å²) in [7, 11) is 0. The summed E-state index contributed by atoms with van der Waals surface area (Å²) in [5.74, 6) is 0. The Bertz CT molecular complexity index is 245. The summed E-state index contributed by atoms with van der Waals surface area (Å²) in [5, 5.41) is 4.86. The number of hydrogen-bond acceptors (Lipinski definition) is 0. The molecule has 1 radical (unpaired) electrons. The number of rotatable bonds is 3. The minimum Gasteiger partial charge on any atom is -0.280 e. The molecule has 0 saturated carbocycles. The number of benzene rings is 1. The smallest absolute Gasteiger partial charge is 0.0764 e. The van der Waals surface area contributed by atoms with Crippen molar-refractivity contribution in [2.45, 2.75) is 0 Å². The van der Waals surface area contributed by atoms with Gasteiger partial charge in [-0.05, 0) is 12.1 Å². The molecule has 2 heteroatoms. The summed E-state index contributed by atoms with van der Waals surface area (Å²) in [6, 6.07) is 7.50. The van der Waals surface area contributed by atoms with E-state index in [2.05, 4.69) is 11.9 Å². The highest BCUT2D eigenvalue weighted by Crippen LogP contribution is 2.19. The number of nitrogens with zero attached hydrogens (tertiary/aromatic N) is 1. The van der Waals surface area contributed by atoms with E-state index in [9.17, 15) is 0 Å². The van der Waals surface area contributed by atoms with E-state index in [1.54, 1.807) is 6.08 Å². The van der Waals surface area contributed by atoms with E-state index < -0.39 is 0 Å². The third-order valence-electron chi connectivity index (χ3n) is 1.24. The molecule has 0 saturated heterocycles. The second-order valence-electron chi connectivity index (χ2n) is 2.08. The van der Waals surface area contributed by atoms with Crippen LogP contribution < -0.4 is 5.32 Å². The molecule has 57 valence electrons. The monoisotopic (exact) mass is 166 g/mol. The molecule has 0 fully saturated rings. The molecule has 0 unspecified atom stereocenters. The van der Waals surface area contributed by atoms with Gasteiger partial charge in [0.2, 0.25) is 0 Å². The van der Waals surface area contributed by atoms with Crippen LogP contribution in [0.15, 0.2) is 36.9 Å². The molecule has 1 aromatic carbocycles. The first kappa shape index (κ1) is 8.15. The zero-order valence-corrected chi connectivity index (χ0v) is 6.88. The highest BCUT2D eigenvalue weighted by atomic mass is 35.5. The van der Waals surface area contributed by atoms with Gasteiger partial charge in [0.05, 0.1) is 17.3 Å². The predicted molar refractivity (Wildman–Crippen MR) is 48.3 cm³/mol. The van der Waals surface area contributed by atoms with Crippen molar-refractivity contribution in [2.24, 2.45) is 0 Å². The van der Waals surface area contributed by atoms with Crippen molar-refractivity contribution in [2.75, 3.05) is 6.54 Å². The first-order valence-electron chi connectivity index (χ1n) is 3.37. The lowest BCUT2D eigenvalue weighted by molar-refractivity contribution is 0.979. The van der Waals surface area contributed by atoms with Gasteiger partial charge < -0.3 is 0 Å². The molecule has 0 N–H and O–H groups in total. The quantitative estimate of drug-likeness (QED) is 0.614. The van der Waals surface area contributed by atoms with Gasteiger partial charge in [0.25, 0.3) is 0 Å². The van der Waals surface area contributed by atoms with Crippen LogP contribution in [0.1, 0.15) is 0 Å². The predicted octanol–water partition coefficient (Wildman–Crippen LogP) is 2.76. The van der Waals surface area contributed by atoms with Crippen LogP contribution in [0.4, 0.5) is 5.69 Å². The first-order valence-corrected chi connectivity index (χ1v) is 3.75. The Labute approximate surface area is 71.7 Å². The Morgan fingerprint density at radius 2 is 2.18 bits per heavy atom. The van der Waals surface area contributed by atoms with Crippen LogP contribution in [-0.2, 0) is 0 Å². The average Bonchev–Trinajstić information content (AvgIpc) is 2.03. The van der Waals surface area contributed by atoms with Crippen molar-refractivity contribution in [3.8, 4) is 0 Å². The average molecular weight is 167 g/mol. The molecule has 0 aromatic heterocycles. The molecular formula is C9H9ClN. The molecule has 0 heterocycles. The molecule has 0 atom stereocenters. The summed E-state index contributed by atoms with van der Waals surface area (Å²) in [5.41, 5.74) is 0.828. The summed E-state index contributed by atoms with van der Waals surface area (Å²) in [6.45, 7) is 4.18. The zero-order chi connectivity index (χ0) is 8.10. The molecule has 1 rings (SSSR count). The van der Waals surface area contributed by atoms with Crippen LogP contribution in [0.3, 0.4) is 0 Å². The fourth-order valence-electron chi connectivity index (χ4n) is 0.743. The number of hydrogen-bond donors (Lipinski definition) is 0. The Balaban J connectivity index is 2.69. The van der Waals surface area contributed by atoms with Crippen molar-refractivity contribution >= 4 is 17.3 Å². The third-order valence-corrected chi connectivity index (χ3v) is 1.56.